The van der Waals surface area contributed by atoms with Crippen molar-refractivity contribution in [1.82, 2.24) is 5.32 Å². The second kappa shape index (κ2) is 6.67. The van der Waals surface area contributed by atoms with Crippen LogP contribution in [0.25, 0.3) is 0 Å². The Morgan fingerprint density at radius 3 is 2.90 bits per heavy atom. The number of amides is 1. The van der Waals surface area contributed by atoms with Crippen LogP contribution in [-0.2, 0) is 4.79 Å². The number of anilines is 1. The zero-order valence-corrected chi connectivity index (χ0v) is 13.6. The summed E-state index contributed by atoms with van der Waals surface area (Å²) < 4.78 is 5.39. The minimum atomic E-state index is -0.184. The summed E-state index contributed by atoms with van der Waals surface area (Å²) in [4.78, 5) is 12.5. The zero-order valence-electron chi connectivity index (χ0n) is 12.8. The van der Waals surface area contributed by atoms with Crippen molar-refractivity contribution in [2.45, 2.75) is 39.7 Å². The molecule has 21 heavy (non-hydrogen) atoms. The molecule has 1 saturated heterocycles. The number of ether oxygens (including phenoxy) is 1. The Bertz CT molecular complexity index is 517. The van der Waals surface area contributed by atoms with E-state index in [2.05, 4.69) is 24.5 Å². The van der Waals surface area contributed by atoms with Crippen molar-refractivity contribution in [1.29, 1.82) is 0 Å². The van der Waals surface area contributed by atoms with Crippen molar-refractivity contribution in [3.05, 3.63) is 23.2 Å². The van der Waals surface area contributed by atoms with Crippen molar-refractivity contribution in [3.8, 4) is 5.75 Å². The van der Waals surface area contributed by atoms with E-state index in [0.29, 0.717) is 23.1 Å². The quantitative estimate of drug-likeness (QED) is 0.895. The molecule has 0 saturated carbocycles. The van der Waals surface area contributed by atoms with Crippen molar-refractivity contribution in [3.63, 3.8) is 0 Å². The van der Waals surface area contributed by atoms with Crippen molar-refractivity contribution < 1.29 is 9.53 Å². The highest BCUT2D eigenvalue weighted by Gasteiger charge is 2.37. The van der Waals surface area contributed by atoms with Gasteiger partial charge in [-0.2, -0.15) is 0 Å². The summed E-state index contributed by atoms with van der Waals surface area (Å²) in [5.74, 6) is 0.619. The lowest BCUT2D eigenvalue weighted by Crippen LogP contribution is -2.53. The van der Waals surface area contributed by atoms with Gasteiger partial charge in [0.2, 0.25) is 5.91 Å². The van der Waals surface area contributed by atoms with E-state index in [1.54, 1.807) is 12.1 Å². The molecular weight excluding hydrogens is 288 g/mol. The summed E-state index contributed by atoms with van der Waals surface area (Å²) in [6.45, 7) is 7.59. The number of hydrogen-bond donors (Lipinski definition) is 2. The lowest BCUT2D eigenvalue weighted by molar-refractivity contribution is -0.121. The fourth-order valence-corrected chi connectivity index (χ4v) is 2.96. The predicted octanol–water partition coefficient (Wildman–Crippen LogP) is 3.46. The molecule has 1 amide bonds. The van der Waals surface area contributed by atoms with E-state index >= 15 is 0 Å². The van der Waals surface area contributed by atoms with Crippen LogP contribution in [0.15, 0.2) is 18.2 Å². The molecule has 1 aromatic rings. The minimum Gasteiger partial charge on any atom is -0.492 e. The Morgan fingerprint density at radius 1 is 1.52 bits per heavy atom. The van der Waals surface area contributed by atoms with Gasteiger partial charge in [-0.05, 0) is 49.9 Å². The van der Waals surface area contributed by atoms with E-state index in [1.165, 1.54) is 0 Å². The molecule has 1 aromatic carbocycles. The number of rotatable bonds is 4. The van der Waals surface area contributed by atoms with Gasteiger partial charge in [-0.25, -0.2) is 0 Å². The van der Waals surface area contributed by atoms with E-state index in [9.17, 15) is 4.79 Å². The Hall–Kier alpha value is -1.26. The van der Waals surface area contributed by atoms with Gasteiger partial charge in [0.05, 0.1) is 17.7 Å². The molecule has 1 atom stereocenters. The van der Waals surface area contributed by atoms with Gasteiger partial charge in [0.25, 0.3) is 0 Å². The number of carbonyl (C=O) groups excluding carboxylic acids is 1. The van der Waals surface area contributed by atoms with Crippen molar-refractivity contribution in [2.75, 3.05) is 18.5 Å². The monoisotopic (exact) mass is 310 g/mol. The highest BCUT2D eigenvalue weighted by Crippen LogP contribution is 2.32. The molecule has 0 spiro atoms. The Morgan fingerprint density at radius 2 is 2.29 bits per heavy atom. The second-order valence-electron chi connectivity index (χ2n) is 6.05. The molecule has 0 aromatic heterocycles. The topological polar surface area (TPSA) is 50.4 Å². The number of hydrogen-bond acceptors (Lipinski definition) is 3. The van der Waals surface area contributed by atoms with Crippen LogP contribution in [0.4, 0.5) is 5.69 Å². The van der Waals surface area contributed by atoms with E-state index in [-0.39, 0.29) is 17.4 Å². The normalized spacial score (nSPS) is 20.9. The number of nitrogens with one attached hydrogen (secondary N) is 2. The Labute approximate surface area is 131 Å². The van der Waals surface area contributed by atoms with Gasteiger partial charge >= 0.3 is 0 Å². The number of carbonyl (C=O) groups is 1. The van der Waals surface area contributed by atoms with E-state index < -0.39 is 0 Å². The molecule has 0 bridgehead atoms. The summed E-state index contributed by atoms with van der Waals surface area (Å²) in [6.07, 6.45) is 2.15. The van der Waals surface area contributed by atoms with Gasteiger partial charge in [0.1, 0.15) is 5.75 Å². The highest BCUT2D eigenvalue weighted by atomic mass is 35.5. The van der Waals surface area contributed by atoms with Crippen LogP contribution >= 0.6 is 11.6 Å². The van der Waals surface area contributed by atoms with Crippen LogP contribution in [0.1, 0.15) is 33.6 Å². The van der Waals surface area contributed by atoms with Crippen LogP contribution in [0, 0.1) is 5.41 Å². The number of benzene rings is 1. The third-order valence-corrected chi connectivity index (χ3v) is 4.18. The maximum Gasteiger partial charge on any atom is 0.242 e. The lowest BCUT2D eigenvalue weighted by Gasteiger charge is -2.38. The van der Waals surface area contributed by atoms with Crippen LogP contribution in [0.5, 0.6) is 5.75 Å². The van der Waals surface area contributed by atoms with Crippen molar-refractivity contribution in [2.24, 2.45) is 5.41 Å². The molecule has 1 unspecified atom stereocenters. The molecule has 116 valence electrons. The molecule has 1 aliphatic rings. The molecule has 0 radical (unpaired) electrons. The maximum absolute atomic E-state index is 12.5. The summed E-state index contributed by atoms with van der Waals surface area (Å²) in [5.41, 5.74) is 0.647. The number of piperidine rings is 1. The van der Waals surface area contributed by atoms with Gasteiger partial charge in [-0.15, -0.1) is 0 Å². The second-order valence-corrected chi connectivity index (χ2v) is 6.45. The first-order chi connectivity index (χ1) is 9.94. The van der Waals surface area contributed by atoms with Crippen LogP contribution < -0.4 is 15.4 Å². The van der Waals surface area contributed by atoms with Gasteiger partial charge < -0.3 is 15.4 Å². The molecule has 1 fully saturated rings. The summed E-state index contributed by atoms with van der Waals surface area (Å²) in [6, 6.07) is 5.13. The standard InChI is InChI=1S/C16H23ClN2O2/c1-4-21-13-7-6-11(10-12(13)17)19-15(20)14-16(2,3)8-5-9-18-14/h6-7,10,14,18H,4-5,8-9H2,1-3H3,(H,19,20). The average Bonchev–Trinajstić information content (AvgIpc) is 2.41. The van der Waals surface area contributed by atoms with E-state index in [0.717, 1.165) is 19.4 Å². The van der Waals surface area contributed by atoms with Crippen LogP contribution in [-0.4, -0.2) is 25.1 Å². The number of halogens is 1. The first-order valence-electron chi connectivity index (χ1n) is 7.40. The third-order valence-electron chi connectivity index (χ3n) is 3.89. The maximum atomic E-state index is 12.5. The molecule has 5 heteroatoms. The Balaban J connectivity index is 2.07. The smallest absolute Gasteiger partial charge is 0.242 e. The van der Waals surface area contributed by atoms with E-state index in [1.807, 2.05) is 13.0 Å². The summed E-state index contributed by atoms with van der Waals surface area (Å²) >= 11 is 6.14. The van der Waals surface area contributed by atoms with Crippen molar-refractivity contribution >= 4 is 23.2 Å². The van der Waals surface area contributed by atoms with Gasteiger partial charge in [0.15, 0.2) is 0 Å². The lowest BCUT2D eigenvalue weighted by atomic mass is 9.77. The first-order valence-corrected chi connectivity index (χ1v) is 7.78. The molecule has 0 aliphatic carbocycles. The predicted molar refractivity (Wildman–Crippen MR) is 86.1 cm³/mol. The van der Waals surface area contributed by atoms with Crippen LogP contribution in [0.2, 0.25) is 5.02 Å². The Kier molecular flexibility index (Phi) is 5.12. The third kappa shape index (κ3) is 3.89. The molecule has 1 heterocycles. The van der Waals surface area contributed by atoms with Gasteiger partial charge in [-0.1, -0.05) is 25.4 Å². The molecule has 2 N–H and O–H groups in total. The molecule has 1 aliphatic heterocycles. The summed E-state index contributed by atoms with van der Waals surface area (Å²) in [5, 5.41) is 6.75. The van der Waals surface area contributed by atoms with E-state index in [4.69, 9.17) is 16.3 Å². The van der Waals surface area contributed by atoms with Crippen LogP contribution in [0.3, 0.4) is 0 Å². The zero-order chi connectivity index (χ0) is 15.5. The molecular formula is C16H23ClN2O2. The highest BCUT2D eigenvalue weighted by molar-refractivity contribution is 6.32. The van der Waals surface area contributed by atoms with Gasteiger partial charge in [0, 0.05) is 5.69 Å². The average molecular weight is 311 g/mol. The molecule has 2 rings (SSSR count). The van der Waals surface area contributed by atoms with Gasteiger partial charge in [-0.3, -0.25) is 4.79 Å². The first kappa shape index (κ1) is 16.1. The molecule has 4 nitrogen and oxygen atoms in total. The largest absolute Gasteiger partial charge is 0.492 e. The minimum absolute atomic E-state index is 0.0140. The fraction of sp³-hybridized carbons (Fsp3) is 0.562. The summed E-state index contributed by atoms with van der Waals surface area (Å²) in [7, 11) is 0. The SMILES string of the molecule is CCOc1ccc(NC(=O)C2NCCCC2(C)C)cc1Cl. The fourth-order valence-electron chi connectivity index (χ4n) is 2.72.